The number of nitro groups is 1. The summed E-state index contributed by atoms with van der Waals surface area (Å²) in [7, 11) is 0. The standard InChI is InChI=1S/C18H15N3O4/c22-17-15-11-4-5-12(14-7-13(11)14)16(15)18(23)20(17)19-8-9-2-1-3-10(6-9)21(24)25/h1-6,8,11-16H,7H2/b19-8-/t11-,12-,13-,14+,15+,16+/m0/s1. The lowest BCUT2D eigenvalue weighted by atomic mass is 9.63. The summed E-state index contributed by atoms with van der Waals surface area (Å²) in [6.45, 7) is 0. The molecule has 2 amide bonds. The molecule has 0 radical (unpaired) electrons. The van der Waals surface area contributed by atoms with Crippen molar-refractivity contribution in [1.29, 1.82) is 0 Å². The van der Waals surface area contributed by atoms with Gasteiger partial charge in [0.2, 0.25) is 0 Å². The maximum atomic E-state index is 12.7. The quantitative estimate of drug-likeness (QED) is 0.277. The molecule has 5 aliphatic rings. The van der Waals surface area contributed by atoms with Gasteiger partial charge < -0.3 is 0 Å². The normalized spacial score (nSPS) is 37.5. The SMILES string of the molecule is O=C1[C@@H]2[C@H]3C=C[C@@H]([C@@H]4C[C@H]34)[C@H]2C(=O)N1/N=C\c1cccc([N+](=O)[O-])c1. The van der Waals surface area contributed by atoms with Gasteiger partial charge in [-0.15, -0.1) is 0 Å². The lowest BCUT2D eigenvalue weighted by Crippen LogP contribution is -2.40. The number of benzene rings is 1. The van der Waals surface area contributed by atoms with Crippen molar-refractivity contribution in [2.45, 2.75) is 6.42 Å². The van der Waals surface area contributed by atoms with Crippen LogP contribution >= 0.6 is 0 Å². The molecule has 7 heteroatoms. The van der Waals surface area contributed by atoms with Crippen LogP contribution in [0.4, 0.5) is 5.69 Å². The first-order valence-electron chi connectivity index (χ1n) is 8.41. The van der Waals surface area contributed by atoms with E-state index in [0.29, 0.717) is 17.4 Å². The lowest BCUT2D eigenvalue weighted by Gasteiger charge is -2.37. The van der Waals surface area contributed by atoms with Crippen molar-refractivity contribution in [3.05, 3.63) is 52.1 Å². The number of hydrogen-bond donors (Lipinski definition) is 0. The fourth-order valence-corrected chi connectivity index (χ4v) is 4.90. The van der Waals surface area contributed by atoms with E-state index < -0.39 is 4.92 Å². The molecule has 126 valence electrons. The minimum absolute atomic E-state index is 0.0565. The van der Waals surface area contributed by atoms with Gasteiger partial charge in [0.15, 0.2) is 0 Å². The number of non-ortho nitro benzene ring substituents is 1. The molecule has 2 bridgehead atoms. The first-order valence-corrected chi connectivity index (χ1v) is 8.41. The molecule has 7 nitrogen and oxygen atoms in total. The van der Waals surface area contributed by atoms with E-state index in [1.54, 1.807) is 12.1 Å². The van der Waals surface area contributed by atoms with Gasteiger partial charge in [-0.1, -0.05) is 24.3 Å². The highest BCUT2D eigenvalue weighted by molar-refractivity contribution is 6.06. The topological polar surface area (TPSA) is 92.9 Å². The van der Waals surface area contributed by atoms with Crippen LogP contribution in [0.15, 0.2) is 41.5 Å². The highest BCUT2D eigenvalue weighted by Crippen LogP contribution is 2.65. The van der Waals surface area contributed by atoms with Gasteiger partial charge >= 0.3 is 0 Å². The second-order valence-electron chi connectivity index (χ2n) is 7.24. The molecule has 3 fully saturated rings. The summed E-state index contributed by atoms with van der Waals surface area (Å²) in [4.78, 5) is 35.8. The third kappa shape index (κ3) is 1.95. The number of imide groups is 1. The molecule has 0 N–H and O–H groups in total. The number of amides is 2. The molecule has 2 saturated carbocycles. The molecular formula is C18H15N3O4. The molecule has 1 heterocycles. The van der Waals surface area contributed by atoms with E-state index in [4.69, 9.17) is 0 Å². The van der Waals surface area contributed by atoms with E-state index in [9.17, 15) is 19.7 Å². The number of rotatable bonds is 3. The summed E-state index contributed by atoms with van der Waals surface area (Å²) < 4.78 is 0. The maximum absolute atomic E-state index is 12.7. The molecule has 1 aliphatic heterocycles. The molecule has 1 saturated heterocycles. The minimum Gasteiger partial charge on any atom is -0.272 e. The van der Waals surface area contributed by atoms with Gasteiger partial charge in [0, 0.05) is 17.7 Å². The number of carbonyl (C=O) groups is 2. The summed E-state index contributed by atoms with van der Waals surface area (Å²) in [6.07, 6.45) is 6.68. The van der Waals surface area contributed by atoms with Gasteiger partial charge in [0.25, 0.3) is 17.5 Å². The Morgan fingerprint density at radius 3 is 2.36 bits per heavy atom. The lowest BCUT2D eigenvalue weighted by molar-refractivity contribution is -0.384. The zero-order chi connectivity index (χ0) is 17.3. The van der Waals surface area contributed by atoms with Crippen molar-refractivity contribution in [3.63, 3.8) is 0 Å². The smallest absolute Gasteiger partial charge is 0.270 e. The van der Waals surface area contributed by atoms with E-state index in [0.717, 1.165) is 11.4 Å². The molecule has 1 aromatic rings. The van der Waals surface area contributed by atoms with Crippen molar-refractivity contribution in [2.75, 3.05) is 0 Å². The highest BCUT2D eigenvalue weighted by atomic mass is 16.6. The van der Waals surface area contributed by atoms with Crippen LogP contribution in [0.25, 0.3) is 0 Å². The van der Waals surface area contributed by atoms with Crippen LogP contribution in [0.2, 0.25) is 0 Å². The second-order valence-corrected chi connectivity index (χ2v) is 7.24. The zero-order valence-corrected chi connectivity index (χ0v) is 13.2. The Labute approximate surface area is 143 Å². The second kappa shape index (κ2) is 4.84. The fraction of sp³-hybridized carbons (Fsp3) is 0.389. The average Bonchev–Trinajstić information content (AvgIpc) is 3.39. The van der Waals surface area contributed by atoms with Gasteiger partial charge in [-0.3, -0.25) is 19.7 Å². The van der Waals surface area contributed by atoms with Crippen LogP contribution in [0, 0.1) is 45.6 Å². The first-order chi connectivity index (χ1) is 12.1. The van der Waals surface area contributed by atoms with Crippen molar-refractivity contribution in [3.8, 4) is 0 Å². The molecule has 0 unspecified atom stereocenters. The Hall–Kier alpha value is -2.83. The number of carbonyl (C=O) groups excluding carboxylic acids is 2. The van der Waals surface area contributed by atoms with Crippen LogP contribution in [-0.2, 0) is 9.59 Å². The Morgan fingerprint density at radius 1 is 1.12 bits per heavy atom. The molecular weight excluding hydrogens is 322 g/mol. The number of hydrazone groups is 1. The van der Waals surface area contributed by atoms with Crippen LogP contribution in [0.5, 0.6) is 0 Å². The van der Waals surface area contributed by atoms with Crippen LogP contribution < -0.4 is 0 Å². The maximum Gasteiger partial charge on any atom is 0.270 e. The predicted octanol–water partition coefficient (Wildman–Crippen LogP) is 1.98. The van der Waals surface area contributed by atoms with Crippen molar-refractivity contribution < 1.29 is 14.5 Å². The summed E-state index contributed by atoms with van der Waals surface area (Å²) in [6, 6.07) is 5.94. The molecule has 0 aromatic heterocycles. The van der Waals surface area contributed by atoms with Gasteiger partial charge in [0.1, 0.15) is 0 Å². The van der Waals surface area contributed by atoms with E-state index in [1.165, 1.54) is 18.3 Å². The van der Waals surface area contributed by atoms with Crippen molar-refractivity contribution in [2.24, 2.45) is 40.6 Å². The zero-order valence-electron chi connectivity index (χ0n) is 13.2. The largest absolute Gasteiger partial charge is 0.272 e. The summed E-state index contributed by atoms with van der Waals surface area (Å²) in [5, 5.41) is 15.9. The van der Waals surface area contributed by atoms with E-state index >= 15 is 0 Å². The molecule has 6 rings (SSSR count). The van der Waals surface area contributed by atoms with Crippen molar-refractivity contribution in [1.82, 2.24) is 5.01 Å². The third-order valence-corrected chi connectivity index (χ3v) is 6.04. The van der Waals surface area contributed by atoms with Gasteiger partial charge in [0.05, 0.1) is 23.0 Å². The van der Waals surface area contributed by atoms with Crippen LogP contribution in [0.1, 0.15) is 12.0 Å². The molecule has 6 atom stereocenters. The van der Waals surface area contributed by atoms with E-state index in [2.05, 4.69) is 17.3 Å². The number of nitrogens with zero attached hydrogens (tertiary/aromatic N) is 3. The van der Waals surface area contributed by atoms with E-state index in [1.807, 2.05) is 0 Å². The number of hydrogen-bond acceptors (Lipinski definition) is 5. The number of nitro benzene ring substituents is 1. The molecule has 1 aromatic carbocycles. The van der Waals surface area contributed by atoms with Gasteiger partial charge in [-0.2, -0.15) is 10.1 Å². The van der Waals surface area contributed by atoms with Crippen LogP contribution in [-0.4, -0.2) is 28.0 Å². The third-order valence-electron chi connectivity index (χ3n) is 6.04. The Bertz CT molecular complexity index is 841. The minimum atomic E-state index is -0.492. The van der Waals surface area contributed by atoms with E-state index in [-0.39, 0.29) is 41.2 Å². The summed E-state index contributed by atoms with van der Waals surface area (Å²) >= 11 is 0. The Kier molecular flexibility index (Phi) is 2.81. The number of allylic oxidation sites excluding steroid dienone is 2. The summed E-state index contributed by atoms with van der Waals surface area (Å²) in [5.74, 6) is 0.385. The Morgan fingerprint density at radius 2 is 1.76 bits per heavy atom. The first kappa shape index (κ1) is 14.5. The van der Waals surface area contributed by atoms with Gasteiger partial charge in [-0.05, 0) is 30.1 Å². The predicted molar refractivity (Wildman–Crippen MR) is 87.2 cm³/mol. The van der Waals surface area contributed by atoms with Crippen LogP contribution in [0.3, 0.4) is 0 Å². The monoisotopic (exact) mass is 337 g/mol. The molecule has 25 heavy (non-hydrogen) atoms. The summed E-state index contributed by atoms with van der Waals surface area (Å²) in [5.41, 5.74) is 0.424. The molecule has 4 aliphatic carbocycles. The highest BCUT2D eigenvalue weighted by Gasteiger charge is 2.67. The van der Waals surface area contributed by atoms with Crippen molar-refractivity contribution >= 4 is 23.7 Å². The Balaban J connectivity index is 1.43. The fourth-order valence-electron chi connectivity index (χ4n) is 4.90. The van der Waals surface area contributed by atoms with Gasteiger partial charge in [-0.25, -0.2) is 0 Å². The molecule has 0 spiro atoms. The average molecular weight is 337 g/mol.